The number of hydrogen-bond donors (Lipinski definition) is 1. The zero-order valence-corrected chi connectivity index (χ0v) is 16.3. The predicted molar refractivity (Wildman–Crippen MR) is 103 cm³/mol. The number of fused-ring (bicyclic) bond motifs is 3. The Morgan fingerprint density at radius 2 is 1.79 bits per heavy atom. The van der Waals surface area contributed by atoms with Crippen molar-refractivity contribution in [3.05, 3.63) is 35.9 Å². The number of aliphatic carboxylic acids is 1. The molecule has 0 spiro atoms. The number of amides is 1. The molecule has 1 aromatic carbocycles. The molecule has 1 saturated heterocycles. The molecular weight excluding hydrogens is 358 g/mol. The fourth-order valence-electron chi connectivity index (χ4n) is 5.10. The minimum absolute atomic E-state index is 0.0194. The lowest BCUT2D eigenvalue weighted by molar-refractivity contribution is -0.159. The molecule has 4 fully saturated rings. The monoisotopic (exact) mass is 387 g/mol. The van der Waals surface area contributed by atoms with Gasteiger partial charge < -0.3 is 19.5 Å². The van der Waals surface area contributed by atoms with Gasteiger partial charge in [0.15, 0.2) is 0 Å². The van der Waals surface area contributed by atoms with Crippen LogP contribution in [0, 0.1) is 10.8 Å². The zero-order chi connectivity index (χ0) is 19.6. The number of hydrogen-bond acceptors (Lipinski definition) is 4. The van der Waals surface area contributed by atoms with Gasteiger partial charge in [-0.25, -0.2) is 4.79 Å². The lowest BCUT2D eigenvalue weighted by Gasteiger charge is -2.53. The van der Waals surface area contributed by atoms with Crippen molar-refractivity contribution in [2.24, 2.45) is 10.8 Å². The Bertz CT molecular complexity index is 688. The summed E-state index contributed by atoms with van der Waals surface area (Å²) in [4.78, 5) is 26.5. The van der Waals surface area contributed by atoms with Gasteiger partial charge in [0.1, 0.15) is 6.61 Å². The van der Waals surface area contributed by atoms with E-state index in [0.29, 0.717) is 19.8 Å². The van der Waals surface area contributed by atoms with Gasteiger partial charge in [0.25, 0.3) is 0 Å². The third-order valence-electron chi connectivity index (χ3n) is 7.15. The average Bonchev–Trinajstić information content (AvgIpc) is 3.27. The summed E-state index contributed by atoms with van der Waals surface area (Å²) in [7, 11) is 0. The van der Waals surface area contributed by atoms with E-state index in [1.165, 1.54) is 0 Å². The number of carbonyl (C=O) groups is 2. The summed E-state index contributed by atoms with van der Waals surface area (Å²) in [6, 6.07) is 9.75. The van der Waals surface area contributed by atoms with E-state index in [9.17, 15) is 14.7 Å². The maximum absolute atomic E-state index is 13.0. The van der Waals surface area contributed by atoms with Gasteiger partial charge in [-0.2, -0.15) is 0 Å². The molecule has 0 aromatic heterocycles. The highest BCUT2D eigenvalue weighted by Gasteiger charge is 2.53. The summed E-state index contributed by atoms with van der Waals surface area (Å²) in [5.74, 6) is -0.649. The second-order valence-electron chi connectivity index (χ2n) is 8.77. The van der Waals surface area contributed by atoms with Crippen LogP contribution < -0.4 is 0 Å². The minimum Gasteiger partial charge on any atom is -0.481 e. The van der Waals surface area contributed by atoms with Gasteiger partial charge in [0.05, 0.1) is 18.1 Å². The second-order valence-corrected chi connectivity index (χ2v) is 8.77. The Balaban J connectivity index is 1.43. The fraction of sp³-hybridized carbons (Fsp3) is 0.636. The molecule has 1 atom stereocenters. The van der Waals surface area contributed by atoms with E-state index >= 15 is 0 Å². The predicted octanol–water partition coefficient (Wildman–Crippen LogP) is 3.84. The number of nitrogens with zero attached hydrogens (tertiary/aromatic N) is 1. The van der Waals surface area contributed by atoms with Crippen LogP contribution in [0.2, 0.25) is 0 Å². The van der Waals surface area contributed by atoms with Gasteiger partial charge in [0.2, 0.25) is 0 Å². The van der Waals surface area contributed by atoms with Crippen molar-refractivity contribution in [2.45, 2.75) is 57.6 Å². The molecule has 1 unspecified atom stereocenters. The van der Waals surface area contributed by atoms with Crippen molar-refractivity contribution >= 4 is 12.1 Å². The summed E-state index contributed by atoms with van der Waals surface area (Å²) in [6.07, 6.45) is 5.31. The van der Waals surface area contributed by atoms with Crippen LogP contribution in [-0.2, 0) is 20.9 Å². The number of ether oxygens (including phenoxy) is 2. The van der Waals surface area contributed by atoms with E-state index in [-0.39, 0.29) is 24.2 Å². The van der Waals surface area contributed by atoms with Gasteiger partial charge >= 0.3 is 12.1 Å². The Kier molecular flexibility index (Phi) is 5.32. The molecule has 6 heteroatoms. The molecule has 4 aliphatic rings. The lowest BCUT2D eigenvalue weighted by Crippen LogP contribution is -2.53. The minimum atomic E-state index is -0.649. The third-order valence-corrected chi connectivity index (χ3v) is 7.15. The first kappa shape index (κ1) is 19.2. The van der Waals surface area contributed by atoms with Crippen LogP contribution in [0.15, 0.2) is 30.3 Å². The largest absolute Gasteiger partial charge is 0.481 e. The molecule has 152 valence electrons. The lowest BCUT2D eigenvalue weighted by atomic mass is 9.53. The molecule has 1 heterocycles. The standard InChI is InChI=1S/C22H29NO5/c24-19(25)22-10-7-21(8-11-22,9-12-22)16-23(18-6-13-27-15-18)20(26)28-14-17-4-2-1-3-5-17/h1-5,18H,6-16H2,(H,24,25). The first-order valence-corrected chi connectivity index (χ1v) is 10.3. The molecule has 1 aromatic rings. The number of rotatable bonds is 6. The second kappa shape index (κ2) is 7.74. The van der Waals surface area contributed by atoms with Crippen LogP contribution in [0.1, 0.15) is 50.5 Å². The van der Waals surface area contributed by atoms with E-state index in [1.807, 2.05) is 35.2 Å². The Hall–Kier alpha value is -2.08. The number of carbonyl (C=O) groups excluding carboxylic acids is 1. The summed E-state index contributed by atoms with van der Waals surface area (Å²) in [5.41, 5.74) is 0.459. The van der Waals surface area contributed by atoms with Crippen molar-refractivity contribution in [3.8, 4) is 0 Å². The fourth-order valence-corrected chi connectivity index (χ4v) is 5.10. The number of carboxylic acid groups (broad SMARTS) is 1. The molecule has 1 amide bonds. The molecule has 3 saturated carbocycles. The average molecular weight is 387 g/mol. The first-order valence-electron chi connectivity index (χ1n) is 10.3. The maximum Gasteiger partial charge on any atom is 0.410 e. The van der Waals surface area contributed by atoms with Crippen molar-refractivity contribution in [1.82, 2.24) is 4.90 Å². The first-order chi connectivity index (χ1) is 13.5. The van der Waals surface area contributed by atoms with Gasteiger partial charge in [-0.3, -0.25) is 4.79 Å². The van der Waals surface area contributed by atoms with Crippen LogP contribution in [0.4, 0.5) is 4.79 Å². The smallest absolute Gasteiger partial charge is 0.410 e. The summed E-state index contributed by atoms with van der Waals surface area (Å²) >= 11 is 0. The van der Waals surface area contributed by atoms with Gasteiger partial charge in [-0.05, 0) is 55.9 Å². The van der Waals surface area contributed by atoms with Crippen LogP contribution in [-0.4, -0.2) is 47.9 Å². The molecule has 6 nitrogen and oxygen atoms in total. The molecule has 5 rings (SSSR count). The van der Waals surface area contributed by atoms with Crippen LogP contribution in [0.25, 0.3) is 0 Å². The Labute approximate surface area is 165 Å². The van der Waals surface area contributed by atoms with E-state index in [4.69, 9.17) is 9.47 Å². The van der Waals surface area contributed by atoms with Crippen molar-refractivity contribution in [3.63, 3.8) is 0 Å². The van der Waals surface area contributed by atoms with E-state index in [2.05, 4.69) is 0 Å². The molecule has 3 aliphatic carbocycles. The normalized spacial score (nSPS) is 31.5. The van der Waals surface area contributed by atoms with Crippen molar-refractivity contribution in [1.29, 1.82) is 0 Å². The highest BCUT2D eigenvalue weighted by atomic mass is 16.6. The molecule has 28 heavy (non-hydrogen) atoms. The van der Waals surface area contributed by atoms with E-state index < -0.39 is 11.4 Å². The number of benzene rings is 1. The highest BCUT2D eigenvalue weighted by Crippen LogP contribution is 2.57. The van der Waals surface area contributed by atoms with Crippen LogP contribution in [0.5, 0.6) is 0 Å². The molecule has 2 bridgehead atoms. The zero-order valence-electron chi connectivity index (χ0n) is 16.3. The SMILES string of the molecule is O=C(OCc1ccccc1)N(CC12CCC(C(=O)O)(CC1)CC2)C1CCOC1. The summed E-state index contributed by atoms with van der Waals surface area (Å²) < 4.78 is 11.2. The molecule has 1 N–H and O–H groups in total. The number of carboxylic acids is 1. The highest BCUT2D eigenvalue weighted by molar-refractivity contribution is 5.75. The Morgan fingerprint density at radius 3 is 2.36 bits per heavy atom. The van der Waals surface area contributed by atoms with Gasteiger partial charge in [-0.15, -0.1) is 0 Å². The van der Waals surface area contributed by atoms with E-state index in [1.54, 1.807) is 0 Å². The molecular formula is C22H29NO5. The van der Waals surface area contributed by atoms with Crippen molar-refractivity contribution in [2.75, 3.05) is 19.8 Å². The van der Waals surface area contributed by atoms with E-state index in [0.717, 1.165) is 50.5 Å². The van der Waals surface area contributed by atoms with Crippen LogP contribution in [0.3, 0.4) is 0 Å². The maximum atomic E-state index is 13.0. The quantitative estimate of drug-likeness (QED) is 0.803. The summed E-state index contributed by atoms with van der Waals surface area (Å²) in [5, 5.41) is 9.62. The van der Waals surface area contributed by atoms with Crippen LogP contribution >= 0.6 is 0 Å². The van der Waals surface area contributed by atoms with Gasteiger partial charge in [-0.1, -0.05) is 30.3 Å². The molecule has 0 radical (unpaired) electrons. The van der Waals surface area contributed by atoms with Crippen molar-refractivity contribution < 1.29 is 24.2 Å². The topological polar surface area (TPSA) is 76.1 Å². The Morgan fingerprint density at radius 1 is 1.11 bits per heavy atom. The van der Waals surface area contributed by atoms with Gasteiger partial charge in [0, 0.05) is 13.2 Å². The summed E-state index contributed by atoms with van der Waals surface area (Å²) in [6.45, 7) is 2.13. The third kappa shape index (κ3) is 3.75. The molecule has 1 aliphatic heterocycles.